The maximum Gasteiger partial charge on any atom is 0.239 e. The van der Waals surface area contributed by atoms with Gasteiger partial charge in [-0.25, -0.2) is 0 Å². The third kappa shape index (κ3) is 7.39. The van der Waals surface area contributed by atoms with Gasteiger partial charge in [-0.15, -0.1) is 0 Å². The summed E-state index contributed by atoms with van der Waals surface area (Å²) in [5, 5.41) is 124. The summed E-state index contributed by atoms with van der Waals surface area (Å²) in [5.74, 6) is -2.15. The summed E-state index contributed by atoms with van der Waals surface area (Å²) in [6, 6.07) is 7.27. The fourth-order valence-electron chi connectivity index (χ4n) is 6.24. The Morgan fingerprint density at radius 1 is 0.660 bits per heavy atom. The van der Waals surface area contributed by atoms with Crippen LogP contribution in [0.2, 0.25) is 0 Å². The Kier molecular flexibility index (Phi) is 11.5. The first-order valence-electron chi connectivity index (χ1n) is 16.4. The lowest BCUT2D eigenvalue weighted by molar-refractivity contribution is -0.352. The van der Waals surface area contributed by atoms with Crippen molar-refractivity contribution in [3.63, 3.8) is 0 Å². The molecule has 292 valence electrons. The van der Waals surface area contributed by atoms with Gasteiger partial charge < -0.3 is 94.1 Å². The van der Waals surface area contributed by atoms with Gasteiger partial charge in [-0.1, -0.05) is 0 Å². The maximum atomic E-state index is 14.1. The highest BCUT2D eigenvalue weighted by Crippen LogP contribution is 2.39. The van der Waals surface area contributed by atoms with Crippen LogP contribution in [-0.2, 0) is 18.9 Å². The molecule has 15 unspecified atom stereocenters. The molecule has 0 saturated carbocycles. The van der Waals surface area contributed by atoms with Crippen molar-refractivity contribution in [1.29, 1.82) is 0 Å². The Balaban J connectivity index is 1.36. The zero-order valence-electron chi connectivity index (χ0n) is 27.7. The van der Waals surface area contributed by atoms with Crippen molar-refractivity contribution in [3.8, 4) is 34.3 Å². The zero-order chi connectivity index (χ0) is 38.5. The molecule has 15 atom stereocenters. The smallest absolute Gasteiger partial charge is 0.239 e. The number of aliphatic hydroxyl groups is 10. The summed E-state index contributed by atoms with van der Waals surface area (Å²) >= 11 is 0. The van der Waals surface area contributed by atoms with Crippen LogP contribution in [0.5, 0.6) is 23.0 Å². The Morgan fingerprint density at radius 2 is 1.25 bits per heavy atom. The fraction of sp³-hybridized carbons (Fsp3) is 0.545. The predicted octanol–water partition coefficient (Wildman–Crippen LogP) is -3.92. The second kappa shape index (κ2) is 15.6. The molecule has 3 aliphatic heterocycles. The molecule has 3 aromatic rings. The number of phenols is 2. The third-order valence-corrected chi connectivity index (χ3v) is 9.29. The van der Waals surface area contributed by atoms with E-state index < -0.39 is 128 Å². The number of rotatable bonds is 9. The van der Waals surface area contributed by atoms with Crippen molar-refractivity contribution in [1.82, 2.24) is 0 Å². The highest BCUT2D eigenvalue weighted by Gasteiger charge is 2.52. The predicted molar refractivity (Wildman–Crippen MR) is 171 cm³/mol. The molecular formula is C33H40O20. The van der Waals surface area contributed by atoms with Crippen LogP contribution in [0.15, 0.2) is 45.6 Å². The molecule has 0 radical (unpaired) electrons. The van der Waals surface area contributed by atoms with Gasteiger partial charge in [0.25, 0.3) is 0 Å². The second-order valence-electron chi connectivity index (χ2n) is 12.9. The summed E-state index contributed by atoms with van der Waals surface area (Å²) < 4.78 is 39.5. The van der Waals surface area contributed by atoms with E-state index in [1.54, 1.807) is 0 Å². The van der Waals surface area contributed by atoms with Crippen molar-refractivity contribution >= 4 is 11.0 Å². The first kappa shape index (κ1) is 39.0. The van der Waals surface area contributed by atoms with Gasteiger partial charge in [-0.05, 0) is 31.2 Å². The van der Waals surface area contributed by atoms with Crippen LogP contribution in [0.1, 0.15) is 6.92 Å². The van der Waals surface area contributed by atoms with E-state index in [1.165, 1.54) is 31.2 Å². The van der Waals surface area contributed by atoms with Crippen LogP contribution >= 0.6 is 0 Å². The molecule has 20 heteroatoms. The molecule has 0 bridgehead atoms. The molecule has 53 heavy (non-hydrogen) atoms. The number of hydrogen-bond donors (Lipinski definition) is 12. The number of hydrogen-bond acceptors (Lipinski definition) is 20. The van der Waals surface area contributed by atoms with E-state index in [0.29, 0.717) is 0 Å². The number of ether oxygens (including phenoxy) is 6. The summed E-state index contributed by atoms with van der Waals surface area (Å²) in [5.41, 5.74) is -1.25. The molecule has 3 fully saturated rings. The summed E-state index contributed by atoms with van der Waals surface area (Å²) in [6.45, 7) is -0.272. The Morgan fingerprint density at radius 3 is 1.91 bits per heavy atom. The minimum absolute atomic E-state index is 0.109. The highest BCUT2D eigenvalue weighted by atomic mass is 16.7. The van der Waals surface area contributed by atoms with Gasteiger partial charge in [0.2, 0.25) is 23.8 Å². The van der Waals surface area contributed by atoms with Crippen molar-refractivity contribution in [2.45, 2.75) is 99.0 Å². The minimum Gasteiger partial charge on any atom is -0.508 e. The summed E-state index contributed by atoms with van der Waals surface area (Å²) in [6.07, 6.45) is -25.3. The van der Waals surface area contributed by atoms with Crippen LogP contribution < -0.4 is 14.9 Å². The topological polar surface area (TPSA) is 328 Å². The van der Waals surface area contributed by atoms with Crippen LogP contribution in [0.4, 0.5) is 0 Å². The van der Waals surface area contributed by atoms with Gasteiger partial charge in [0.1, 0.15) is 95.4 Å². The summed E-state index contributed by atoms with van der Waals surface area (Å²) in [4.78, 5) is 14.1. The highest BCUT2D eigenvalue weighted by molar-refractivity contribution is 5.88. The van der Waals surface area contributed by atoms with Gasteiger partial charge in [-0.3, -0.25) is 4.79 Å². The van der Waals surface area contributed by atoms with E-state index in [1.807, 2.05) is 0 Å². The molecule has 3 saturated heterocycles. The molecule has 2 aromatic carbocycles. The molecule has 6 rings (SSSR count). The van der Waals surface area contributed by atoms with E-state index in [-0.39, 0.29) is 28.4 Å². The lowest BCUT2D eigenvalue weighted by Gasteiger charge is -2.45. The third-order valence-electron chi connectivity index (χ3n) is 9.29. The quantitative estimate of drug-likeness (QED) is 0.0992. The van der Waals surface area contributed by atoms with Gasteiger partial charge in [-0.2, -0.15) is 0 Å². The van der Waals surface area contributed by atoms with E-state index in [2.05, 4.69) is 0 Å². The number of aromatic hydroxyl groups is 2. The molecule has 20 nitrogen and oxygen atoms in total. The number of phenolic OH excluding ortho intramolecular Hbond substituents is 2. The van der Waals surface area contributed by atoms with Crippen molar-refractivity contribution in [3.05, 3.63) is 46.6 Å². The molecule has 12 N–H and O–H groups in total. The average Bonchev–Trinajstić information content (AvgIpc) is 3.13. The van der Waals surface area contributed by atoms with Crippen LogP contribution in [0, 0.1) is 0 Å². The van der Waals surface area contributed by atoms with Crippen LogP contribution in [-0.4, -0.2) is 167 Å². The van der Waals surface area contributed by atoms with Crippen molar-refractivity contribution < 1.29 is 94.1 Å². The van der Waals surface area contributed by atoms with Crippen molar-refractivity contribution in [2.75, 3.05) is 13.2 Å². The maximum absolute atomic E-state index is 14.1. The molecule has 0 spiro atoms. The van der Waals surface area contributed by atoms with E-state index in [0.717, 1.165) is 12.1 Å². The largest absolute Gasteiger partial charge is 0.508 e. The first-order chi connectivity index (χ1) is 25.1. The van der Waals surface area contributed by atoms with Crippen LogP contribution in [0.25, 0.3) is 22.3 Å². The second-order valence-corrected chi connectivity index (χ2v) is 12.9. The minimum atomic E-state index is -2.05. The lowest BCUT2D eigenvalue weighted by Crippen LogP contribution is -2.65. The molecule has 0 amide bonds. The van der Waals surface area contributed by atoms with Crippen molar-refractivity contribution in [2.24, 2.45) is 0 Å². The van der Waals surface area contributed by atoms with Gasteiger partial charge in [0, 0.05) is 17.7 Å². The van der Waals surface area contributed by atoms with Gasteiger partial charge in [0.15, 0.2) is 12.1 Å². The van der Waals surface area contributed by atoms with E-state index in [9.17, 15) is 66.1 Å². The Bertz CT molecular complexity index is 1780. The lowest BCUT2D eigenvalue weighted by atomic mass is 9.97. The standard InChI is InChI=1S/C33H40O20/c1-10-19(38)23(42)25(44)31(47-10)48-13-6-14(37)18-15(7-13)49-28(11-2-4-12(36)5-3-11)30(22(18)41)53-33-27(46)29(21(40)17(9-35)51-33)52-32-26(45)24(43)20(39)16(8-34)50-32/h2-7,10,16-17,19-21,23-27,29,31-40,42-46H,8-9H2,1H3. The van der Waals surface area contributed by atoms with E-state index >= 15 is 0 Å². The van der Waals surface area contributed by atoms with Gasteiger partial charge >= 0.3 is 0 Å². The molecule has 3 aliphatic rings. The first-order valence-corrected chi connectivity index (χ1v) is 16.4. The summed E-state index contributed by atoms with van der Waals surface area (Å²) in [7, 11) is 0. The average molecular weight is 757 g/mol. The van der Waals surface area contributed by atoms with E-state index in [4.69, 9.17) is 32.8 Å². The molecule has 4 heterocycles. The van der Waals surface area contributed by atoms with Crippen LogP contribution in [0.3, 0.4) is 0 Å². The molecule has 1 aromatic heterocycles. The number of fused-ring (bicyclic) bond motifs is 1. The molecular weight excluding hydrogens is 716 g/mol. The fourth-order valence-corrected chi connectivity index (χ4v) is 6.24. The zero-order valence-corrected chi connectivity index (χ0v) is 27.7. The van der Waals surface area contributed by atoms with Gasteiger partial charge in [0.05, 0.1) is 19.3 Å². The normalized spacial score (nSPS) is 37.8. The number of benzene rings is 2. The molecule has 0 aliphatic carbocycles. The SMILES string of the molecule is CC1OC(Oc2cc(O)c3c(=O)c(OC4OC(CO)C(O)C(OC5OC(CO)C(O)C(O)C5O)C4O)c(-c4ccc(O)cc4)oc3c2)C(O)C(O)C1O. The monoisotopic (exact) mass is 756 g/mol. The Labute approximate surface area is 298 Å². The Hall–Kier alpha value is -3.71. The number of aliphatic hydroxyl groups excluding tert-OH is 10.